The summed E-state index contributed by atoms with van der Waals surface area (Å²) in [7, 11) is 0. The van der Waals surface area contributed by atoms with Gasteiger partial charge in [0.1, 0.15) is 0 Å². The Bertz CT molecular complexity index is 377. The number of hydrogen-bond acceptors (Lipinski definition) is 5. The molecule has 19 heavy (non-hydrogen) atoms. The lowest BCUT2D eigenvalue weighted by Crippen LogP contribution is -2.15. The molecule has 0 aliphatic heterocycles. The quantitative estimate of drug-likeness (QED) is 0.283. The Kier molecular flexibility index (Phi) is 8.59. The first-order valence-electron chi connectivity index (χ1n) is 6.44. The maximum Gasteiger partial charge on any atom is 0.195 e. The van der Waals surface area contributed by atoms with E-state index in [9.17, 15) is 9.59 Å². The summed E-state index contributed by atoms with van der Waals surface area (Å²) in [6, 6.07) is 0. The van der Waals surface area contributed by atoms with Gasteiger partial charge in [-0.3, -0.25) is 9.59 Å². The van der Waals surface area contributed by atoms with Crippen LogP contribution in [0.1, 0.15) is 41.0 Å². The first kappa shape index (κ1) is 18.7. The van der Waals surface area contributed by atoms with Crippen molar-refractivity contribution in [2.75, 3.05) is 13.2 Å². The first-order chi connectivity index (χ1) is 8.82. The van der Waals surface area contributed by atoms with Crippen molar-refractivity contribution >= 4 is 29.9 Å². The summed E-state index contributed by atoms with van der Waals surface area (Å²) in [5.74, 6) is -0.499. The maximum absolute atomic E-state index is 11.5. The van der Waals surface area contributed by atoms with E-state index in [1.165, 1.54) is 13.8 Å². The Balaban J connectivity index is 5.49. The molecule has 1 atom stereocenters. The molecule has 0 saturated carbocycles. The number of carbonyl (C=O) groups is 2. The van der Waals surface area contributed by atoms with Crippen LogP contribution in [0.25, 0.3) is 0 Å². The Morgan fingerprint density at radius 1 is 1.11 bits per heavy atom. The number of allylic oxidation sites excluding steroid dienone is 2. The summed E-state index contributed by atoms with van der Waals surface area (Å²) in [4.78, 5) is 23.0. The standard InChI is InChI=1S/C13H23O4PS/c1-6-12(9-13(10(4)14)11(5)15)18(19,16-7-2)17-8-3/h9,12H,6-8H2,1-5H3. The van der Waals surface area contributed by atoms with Gasteiger partial charge in [0.2, 0.25) is 0 Å². The maximum atomic E-state index is 11.5. The zero-order chi connectivity index (χ0) is 15.1. The molecule has 110 valence electrons. The smallest absolute Gasteiger partial charge is 0.195 e. The van der Waals surface area contributed by atoms with E-state index in [4.69, 9.17) is 20.9 Å². The molecule has 0 aromatic rings. The third-order valence-electron chi connectivity index (χ3n) is 2.56. The van der Waals surface area contributed by atoms with Crippen LogP contribution in [-0.4, -0.2) is 30.4 Å². The van der Waals surface area contributed by atoms with E-state index in [0.29, 0.717) is 19.6 Å². The molecule has 0 rings (SSSR count). The molecular weight excluding hydrogens is 283 g/mol. The Morgan fingerprint density at radius 3 is 1.79 bits per heavy atom. The highest BCUT2D eigenvalue weighted by Crippen LogP contribution is 2.55. The number of hydrogen-bond donors (Lipinski definition) is 0. The molecule has 1 unspecified atom stereocenters. The van der Waals surface area contributed by atoms with Gasteiger partial charge < -0.3 is 9.05 Å². The van der Waals surface area contributed by atoms with Crippen LogP contribution in [0.2, 0.25) is 0 Å². The second kappa shape index (κ2) is 8.75. The summed E-state index contributed by atoms with van der Waals surface area (Å²) in [6.45, 7) is 6.81. The van der Waals surface area contributed by atoms with Crippen molar-refractivity contribution in [3.05, 3.63) is 11.6 Å². The zero-order valence-electron chi connectivity index (χ0n) is 12.3. The summed E-state index contributed by atoms with van der Waals surface area (Å²) in [5.41, 5.74) is -0.0364. The highest BCUT2D eigenvalue weighted by atomic mass is 32.5. The predicted molar refractivity (Wildman–Crippen MR) is 81.1 cm³/mol. The van der Waals surface area contributed by atoms with Crippen LogP contribution in [0, 0.1) is 0 Å². The zero-order valence-corrected chi connectivity index (χ0v) is 14.0. The minimum absolute atomic E-state index is 0.181. The van der Waals surface area contributed by atoms with Crippen LogP contribution in [0.15, 0.2) is 11.6 Å². The second-order valence-corrected chi connectivity index (χ2v) is 7.83. The van der Waals surface area contributed by atoms with Crippen LogP contribution in [0.4, 0.5) is 0 Å². The third-order valence-corrected chi connectivity index (χ3v) is 6.57. The Labute approximate surface area is 120 Å². The summed E-state index contributed by atoms with van der Waals surface area (Å²) in [5, 5.41) is 0. The lowest BCUT2D eigenvalue weighted by molar-refractivity contribution is -0.119. The van der Waals surface area contributed by atoms with Gasteiger partial charge in [0, 0.05) is 0 Å². The van der Waals surface area contributed by atoms with Crippen LogP contribution in [0.5, 0.6) is 0 Å². The summed E-state index contributed by atoms with van der Waals surface area (Å²) >= 11 is 5.51. The second-order valence-electron chi connectivity index (χ2n) is 4.04. The van der Waals surface area contributed by atoms with E-state index in [1.807, 2.05) is 20.8 Å². The van der Waals surface area contributed by atoms with Gasteiger partial charge in [-0.15, -0.1) is 0 Å². The largest absolute Gasteiger partial charge is 0.329 e. The van der Waals surface area contributed by atoms with Crippen molar-refractivity contribution in [3.8, 4) is 0 Å². The van der Waals surface area contributed by atoms with Crippen molar-refractivity contribution in [3.63, 3.8) is 0 Å². The fraction of sp³-hybridized carbons (Fsp3) is 0.692. The molecule has 0 bridgehead atoms. The lowest BCUT2D eigenvalue weighted by atomic mass is 10.1. The molecular formula is C13H23O4PS. The fourth-order valence-electron chi connectivity index (χ4n) is 1.70. The van der Waals surface area contributed by atoms with Crippen molar-refractivity contribution in [2.45, 2.75) is 46.7 Å². The Hall–Kier alpha value is -0.350. The molecule has 4 nitrogen and oxygen atoms in total. The monoisotopic (exact) mass is 306 g/mol. The average molecular weight is 306 g/mol. The molecule has 0 spiro atoms. The SMILES string of the molecule is CCOP(=S)(OCC)C(C=C(C(C)=O)C(C)=O)CC. The highest BCUT2D eigenvalue weighted by molar-refractivity contribution is 8.10. The van der Waals surface area contributed by atoms with Crippen molar-refractivity contribution in [1.29, 1.82) is 0 Å². The number of Topliss-reactive ketones (excluding diaryl/α,β-unsaturated/α-hetero) is 2. The van der Waals surface area contributed by atoms with E-state index in [-0.39, 0.29) is 22.8 Å². The number of carbonyl (C=O) groups excluding carboxylic acids is 2. The molecule has 0 saturated heterocycles. The van der Waals surface area contributed by atoms with Gasteiger partial charge in [0.25, 0.3) is 0 Å². The highest BCUT2D eigenvalue weighted by Gasteiger charge is 2.29. The lowest BCUT2D eigenvalue weighted by Gasteiger charge is -2.27. The van der Waals surface area contributed by atoms with E-state index in [0.717, 1.165) is 0 Å². The normalized spacial score (nSPS) is 12.9. The molecule has 0 aliphatic carbocycles. The van der Waals surface area contributed by atoms with Crippen molar-refractivity contribution in [2.24, 2.45) is 0 Å². The Morgan fingerprint density at radius 2 is 1.53 bits per heavy atom. The van der Waals surface area contributed by atoms with Gasteiger partial charge in [-0.25, -0.2) is 0 Å². The van der Waals surface area contributed by atoms with Crippen LogP contribution < -0.4 is 0 Å². The van der Waals surface area contributed by atoms with Gasteiger partial charge in [-0.05, 0) is 45.9 Å². The molecule has 0 radical (unpaired) electrons. The molecule has 6 heteroatoms. The molecule has 0 heterocycles. The molecule has 0 aromatic heterocycles. The van der Waals surface area contributed by atoms with Gasteiger partial charge in [0.05, 0.1) is 24.4 Å². The van der Waals surface area contributed by atoms with E-state index >= 15 is 0 Å². The third kappa shape index (κ3) is 5.65. The van der Waals surface area contributed by atoms with Crippen LogP contribution >= 0.6 is 6.49 Å². The first-order valence-corrected chi connectivity index (χ1v) is 9.15. The van der Waals surface area contributed by atoms with Gasteiger partial charge in [0.15, 0.2) is 18.1 Å². The van der Waals surface area contributed by atoms with Crippen LogP contribution in [-0.2, 0) is 30.4 Å². The van der Waals surface area contributed by atoms with E-state index in [1.54, 1.807) is 6.08 Å². The molecule has 0 aliphatic rings. The number of ketones is 2. The van der Waals surface area contributed by atoms with Gasteiger partial charge >= 0.3 is 0 Å². The molecule has 0 fully saturated rings. The van der Waals surface area contributed by atoms with Gasteiger partial charge in [-0.2, -0.15) is 0 Å². The fourth-order valence-corrected chi connectivity index (χ4v) is 4.91. The minimum atomic E-state index is -2.51. The summed E-state index contributed by atoms with van der Waals surface area (Å²) in [6.07, 6.45) is 2.30. The van der Waals surface area contributed by atoms with Crippen LogP contribution in [0.3, 0.4) is 0 Å². The number of rotatable bonds is 9. The summed E-state index contributed by atoms with van der Waals surface area (Å²) < 4.78 is 11.2. The minimum Gasteiger partial charge on any atom is -0.329 e. The molecule has 0 aromatic carbocycles. The van der Waals surface area contributed by atoms with E-state index in [2.05, 4.69) is 0 Å². The molecule has 0 N–H and O–H groups in total. The topological polar surface area (TPSA) is 52.6 Å². The predicted octanol–water partition coefficient (Wildman–Crippen LogP) is 3.25. The molecule has 0 amide bonds. The van der Waals surface area contributed by atoms with Gasteiger partial charge in [-0.1, -0.05) is 13.0 Å². The van der Waals surface area contributed by atoms with Crippen molar-refractivity contribution in [1.82, 2.24) is 0 Å². The van der Waals surface area contributed by atoms with Crippen molar-refractivity contribution < 1.29 is 18.6 Å². The van der Waals surface area contributed by atoms with E-state index < -0.39 is 6.49 Å². The average Bonchev–Trinajstić information content (AvgIpc) is 2.29.